The number of alkyl carbamates (subject to hydrolysis) is 1. The fraction of sp³-hybridized carbons (Fsp3) is 0.464. The van der Waals surface area contributed by atoms with E-state index in [1.54, 1.807) is 0 Å². The Morgan fingerprint density at radius 1 is 1.00 bits per heavy atom. The average Bonchev–Trinajstić information content (AvgIpc) is 3.58. The van der Waals surface area contributed by atoms with Crippen LogP contribution in [0.4, 0.5) is 4.79 Å². The molecule has 7 heteroatoms. The first kappa shape index (κ1) is 23.4. The van der Waals surface area contributed by atoms with Crippen molar-refractivity contribution in [2.75, 3.05) is 13.2 Å². The van der Waals surface area contributed by atoms with E-state index in [2.05, 4.69) is 41.8 Å². The summed E-state index contributed by atoms with van der Waals surface area (Å²) in [5.41, 5.74) is 2.62. The molecule has 2 aromatic carbocycles. The Morgan fingerprint density at radius 3 is 2.20 bits per heavy atom. The molecule has 184 valence electrons. The number of rotatable bonds is 7. The smallest absolute Gasteiger partial charge is 0.408 e. The lowest BCUT2D eigenvalue weighted by Crippen LogP contribution is -2.61. The van der Waals surface area contributed by atoms with Crippen molar-refractivity contribution in [1.29, 1.82) is 0 Å². The van der Waals surface area contributed by atoms with E-state index in [0.29, 0.717) is 25.7 Å². The van der Waals surface area contributed by atoms with Gasteiger partial charge in [0, 0.05) is 12.5 Å². The van der Waals surface area contributed by atoms with Gasteiger partial charge in [0.2, 0.25) is 5.91 Å². The lowest BCUT2D eigenvalue weighted by Gasteiger charge is -2.39. The maximum Gasteiger partial charge on any atom is 0.408 e. The Labute approximate surface area is 205 Å². The monoisotopic (exact) mass is 476 g/mol. The van der Waals surface area contributed by atoms with E-state index in [1.807, 2.05) is 24.3 Å². The summed E-state index contributed by atoms with van der Waals surface area (Å²) in [4.78, 5) is 37.9. The van der Waals surface area contributed by atoms with Gasteiger partial charge in [-0.25, -0.2) is 4.79 Å². The molecule has 2 fully saturated rings. The maximum atomic E-state index is 13.3. The van der Waals surface area contributed by atoms with Crippen LogP contribution < -0.4 is 10.6 Å². The number of nitrogens with one attached hydrogen (secondary N) is 2. The number of carboxylic acids is 1. The first-order valence-corrected chi connectivity index (χ1v) is 12.5. The molecule has 2 aromatic rings. The molecule has 2 atom stereocenters. The van der Waals surface area contributed by atoms with Gasteiger partial charge in [-0.1, -0.05) is 68.3 Å². The van der Waals surface area contributed by atoms with E-state index in [9.17, 15) is 19.5 Å². The fourth-order valence-electron chi connectivity index (χ4n) is 5.79. The molecule has 2 saturated carbocycles. The number of hydrogen-bond donors (Lipinski definition) is 3. The van der Waals surface area contributed by atoms with Crippen LogP contribution >= 0.6 is 0 Å². The molecule has 0 heterocycles. The number of benzene rings is 2. The second-order valence-electron chi connectivity index (χ2n) is 10.5. The summed E-state index contributed by atoms with van der Waals surface area (Å²) in [5.74, 6) is -0.996. The largest absolute Gasteiger partial charge is 0.481 e. The third-order valence-electron chi connectivity index (χ3n) is 8.01. The van der Waals surface area contributed by atoms with Crippen LogP contribution in [0.1, 0.15) is 62.5 Å². The molecule has 0 saturated heterocycles. The molecule has 0 spiro atoms. The van der Waals surface area contributed by atoms with Crippen LogP contribution in [-0.2, 0) is 14.3 Å². The van der Waals surface area contributed by atoms with E-state index in [0.717, 1.165) is 35.1 Å². The summed E-state index contributed by atoms with van der Waals surface area (Å²) >= 11 is 0. The second-order valence-corrected chi connectivity index (χ2v) is 10.5. The predicted molar refractivity (Wildman–Crippen MR) is 131 cm³/mol. The van der Waals surface area contributed by atoms with Crippen molar-refractivity contribution < 1.29 is 24.2 Å². The SMILES string of the molecule is CC1CCCC(NC(=O)OCC2c3ccccc3-c3ccccc32)(C(=O)NCC2(C(=O)O)CC2)C1. The fourth-order valence-corrected chi connectivity index (χ4v) is 5.79. The highest BCUT2D eigenvalue weighted by Gasteiger charge is 2.52. The average molecular weight is 477 g/mol. The van der Waals surface area contributed by atoms with E-state index < -0.39 is 23.0 Å². The van der Waals surface area contributed by atoms with Crippen LogP contribution in [0.3, 0.4) is 0 Å². The summed E-state index contributed by atoms with van der Waals surface area (Å²) in [7, 11) is 0. The normalized spacial score (nSPS) is 24.1. The third kappa shape index (κ3) is 4.40. The van der Waals surface area contributed by atoms with Crippen LogP contribution in [0.5, 0.6) is 0 Å². The summed E-state index contributed by atoms with van der Waals surface area (Å²) in [5, 5.41) is 15.2. The molecular weight excluding hydrogens is 444 g/mol. The molecule has 3 aliphatic rings. The number of aliphatic carboxylic acids is 1. The Hall–Kier alpha value is -3.35. The van der Waals surface area contributed by atoms with Crippen molar-refractivity contribution >= 4 is 18.0 Å². The highest BCUT2D eigenvalue weighted by Crippen LogP contribution is 2.46. The molecule has 3 aliphatic carbocycles. The first-order chi connectivity index (χ1) is 16.8. The highest BCUT2D eigenvalue weighted by atomic mass is 16.5. The van der Waals surface area contributed by atoms with Gasteiger partial charge in [-0.15, -0.1) is 0 Å². The lowest BCUT2D eigenvalue weighted by molar-refractivity contribution is -0.143. The maximum absolute atomic E-state index is 13.3. The summed E-state index contributed by atoms with van der Waals surface area (Å²) in [6.45, 7) is 2.33. The second kappa shape index (κ2) is 9.02. The molecule has 0 bridgehead atoms. The van der Waals surface area contributed by atoms with Crippen LogP contribution in [0, 0.1) is 11.3 Å². The minimum atomic E-state index is -1.09. The molecular formula is C28H32N2O5. The van der Waals surface area contributed by atoms with E-state index in [1.165, 1.54) is 0 Å². The van der Waals surface area contributed by atoms with Crippen molar-refractivity contribution in [2.24, 2.45) is 11.3 Å². The molecule has 2 unspecified atom stereocenters. The van der Waals surface area contributed by atoms with Gasteiger partial charge in [0.05, 0.1) is 5.41 Å². The van der Waals surface area contributed by atoms with Crippen molar-refractivity contribution in [3.05, 3.63) is 59.7 Å². The molecule has 5 rings (SSSR count). The quantitative estimate of drug-likeness (QED) is 0.547. The van der Waals surface area contributed by atoms with Gasteiger partial charge in [-0.3, -0.25) is 9.59 Å². The number of hydrogen-bond acceptors (Lipinski definition) is 4. The van der Waals surface area contributed by atoms with Crippen LogP contribution in [0.15, 0.2) is 48.5 Å². The number of amides is 2. The van der Waals surface area contributed by atoms with Gasteiger partial charge in [0.25, 0.3) is 0 Å². The van der Waals surface area contributed by atoms with Gasteiger partial charge in [0.15, 0.2) is 0 Å². The summed E-state index contributed by atoms with van der Waals surface area (Å²) < 4.78 is 5.72. The lowest BCUT2D eigenvalue weighted by atomic mass is 9.75. The molecule has 0 radical (unpaired) electrons. The van der Waals surface area contributed by atoms with E-state index in [4.69, 9.17) is 4.74 Å². The van der Waals surface area contributed by atoms with Gasteiger partial charge in [-0.05, 0) is 53.9 Å². The predicted octanol–water partition coefficient (Wildman–Crippen LogP) is 4.46. The van der Waals surface area contributed by atoms with Crippen LogP contribution in [0.25, 0.3) is 11.1 Å². The van der Waals surface area contributed by atoms with Gasteiger partial charge < -0.3 is 20.5 Å². The molecule has 3 N–H and O–H groups in total. The van der Waals surface area contributed by atoms with E-state index >= 15 is 0 Å². The molecule has 7 nitrogen and oxygen atoms in total. The zero-order chi connectivity index (χ0) is 24.6. The van der Waals surface area contributed by atoms with Crippen LogP contribution in [-0.4, -0.2) is 41.8 Å². The Balaban J connectivity index is 1.28. The number of ether oxygens (including phenoxy) is 1. The molecule has 35 heavy (non-hydrogen) atoms. The summed E-state index contributed by atoms with van der Waals surface area (Å²) in [6.07, 6.45) is 3.31. The Morgan fingerprint density at radius 2 is 1.63 bits per heavy atom. The van der Waals surface area contributed by atoms with Gasteiger partial charge in [-0.2, -0.15) is 0 Å². The minimum absolute atomic E-state index is 0.0616. The zero-order valence-corrected chi connectivity index (χ0v) is 20.0. The standard InChI is InChI=1S/C28H32N2O5/c1-18-7-6-12-28(15-18,24(31)29-17-27(13-14-27)25(32)33)30-26(34)35-16-23-21-10-4-2-8-19(21)20-9-3-5-11-22(20)23/h2-5,8-11,18,23H,6-7,12-17H2,1H3,(H,29,31)(H,30,34)(H,32,33). The van der Waals surface area contributed by atoms with E-state index in [-0.39, 0.29) is 30.9 Å². The topological polar surface area (TPSA) is 105 Å². The first-order valence-electron chi connectivity index (χ1n) is 12.5. The van der Waals surface area contributed by atoms with Crippen LogP contribution in [0.2, 0.25) is 0 Å². The zero-order valence-electron chi connectivity index (χ0n) is 20.0. The molecule has 0 aromatic heterocycles. The number of carbonyl (C=O) groups is 3. The van der Waals surface area contributed by atoms with Crippen molar-refractivity contribution in [3.63, 3.8) is 0 Å². The Bertz CT molecular complexity index is 1110. The summed E-state index contributed by atoms with van der Waals surface area (Å²) in [6, 6.07) is 16.3. The van der Waals surface area contributed by atoms with Crippen molar-refractivity contribution in [2.45, 2.75) is 56.9 Å². The van der Waals surface area contributed by atoms with Gasteiger partial charge in [0.1, 0.15) is 12.1 Å². The molecule has 0 aliphatic heterocycles. The van der Waals surface area contributed by atoms with Crippen molar-refractivity contribution in [3.8, 4) is 11.1 Å². The number of carbonyl (C=O) groups excluding carboxylic acids is 2. The van der Waals surface area contributed by atoms with Crippen molar-refractivity contribution in [1.82, 2.24) is 10.6 Å². The Kier molecular flexibility index (Phi) is 6.03. The number of fused-ring (bicyclic) bond motifs is 3. The highest BCUT2D eigenvalue weighted by molar-refractivity contribution is 5.91. The van der Waals surface area contributed by atoms with Gasteiger partial charge >= 0.3 is 12.1 Å². The minimum Gasteiger partial charge on any atom is -0.481 e. The third-order valence-corrected chi connectivity index (χ3v) is 8.01. The number of carboxylic acid groups (broad SMARTS) is 1. The molecule has 2 amide bonds.